The van der Waals surface area contributed by atoms with Crippen molar-refractivity contribution in [3.05, 3.63) is 64.4 Å². The average molecular weight is 329 g/mol. The molecule has 0 saturated carbocycles. The van der Waals surface area contributed by atoms with E-state index in [-0.39, 0.29) is 11.6 Å². The molecule has 0 aliphatic carbocycles. The summed E-state index contributed by atoms with van der Waals surface area (Å²) >= 11 is 5.42. The minimum Gasteiger partial charge on any atom is -0.345 e. The van der Waals surface area contributed by atoms with Crippen molar-refractivity contribution in [2.75, 3.05) is 0 Å². The van der Waals surface area contributed by atoms with Crippen molar-refractivity contribution in [1.29, 1.82) is 0 Å². The van der Waals surface area contributed by atoms with Gasteiger partial charge in [0.1, 0.15) is 5.15 Å². The fourth-order valence-electron chi connectivity index (χ4n) is 1.88. The van der Waals surface area contributed by atoms with Crippen LogP contribution in [0.2, 0.25) is 5.15 Å². The van der Waals surface area contributed by atoms with E-state index in [0.29, 0.717) is 6.07 Å². The number of rotatable bonds is 3. The summed E-state index contributed by atoms with van der Waals surface area (Å²) in [4.78, 5) is 15.5. The molecule has 1 aromatic heterocycles. The summed E-state index contributed by atoms with van der Waals surface area (Å²) in [6, 6.07) is 9.42. The van der Waals surface area contributed by atoms with E-state index in [0.717, 1.165) is 11.8 Å². The van der Waals surface area contributed by atoms with E-state index in [1.807, 2.05) is 30.3 Å². The van der Waals surface area contributed by atoms with Gasteiger partial charge in [-0.1, -0.05) is 41.9 Å². The Hall–Kier alpha value is -2.08. The molecule has 1 atom stereocenters. The number of pyridine rings is 1. The van der Waals surface area contributed by atoms with Crippen LogP contribution in [0.4, 0.5) is 13.2 Å². The van der Waals surface area contributed by atoms with Gasteiger partial charge in [-0.2, -0.15) is 13.2 Å². The van der Waals surface area contributed by atoms with Crippen molar-refractivity contribution >= 4 is 17.5 Å². The molecule has 3 nitrogen and oxygen atoms in total. The largest absolute Gasteiger partial charge is 0.419 e. The fraction of sp³-hybridized carbons (Fsp3) is 0.200. The first kappa shape index (κ1) is 16.3. The minimum absolute atomic E-state index is 0.195. The van der Waals surface area contributed by atoms with Gasteiger partial charge in [-0.25, -0.2) is 4.98 Å². The molecular weight excluding hydrogens is 317 g/mol. The quantitative estimate of drug-likeness (QED) is 0.856. The maximum atomic E-state index is 12.8. The smallest absolute Gasteiger partial charge is 0.345 e. The second-order valence-corrected chi connectivity index (χ2v) is 5.02. The predicted octanol–water partition coefficient (Wildman–Crippen LogP) is 4.24. The summed E-state index contributed by atoms with van der Waals surface area (Å²) in [6.45, 7) is 1.74. The van der Waals surface area contributed by atoms with Gasteiger partial charge in [-0.15, -0.1) is 0 Å². The molecule has 2 aromatic rings. The Kier molecular flexibility index (Phi) is 4.71. The minimum atomic E-state index is -4.66. The Bertz CT molecular complexity index is 674. The first-order valence-electron chi connectivity index (χ1n) is 6.37. The third kappa shape index (κ3) is 3.76. The van der Waals surface area contributed by atoms with Crippen LogP contribution in [0.5, 0.6) is 0 Å². The van der Waals surface area contributed by atoms with Crippen LogP contribution in [-0.2, 0) is 6.18 Å². The topological polar surface area (TPSA) is 42.0 Å². The summed E-state index contributed by atoms with van der Waals surface area (Å²) in [5.74, 6) is -0.647. The molecule has 0 aliphatic heterocycles. The van der Waals surface area contributed by atoms with Gasteiger partial charge >= 0.3 is 6.18 Å². The first-order valence-corrected chi connectivity index (χ1v) is 6.75. The number of aromatic nitrogens is 1. The Morgan fingerprint density at radius 3 is 2.50 bits per heavy atom. The van der Waals surface area contributed by atoms with Crippen LogP contribution >= 0.6 is 11.6 Å². The van der Waals surface area contributed by atoms with E-state index in [4.69, 9.17) is 11.6 Å². The molecule has 1 unspecified atom stereocenters. The molecule has 0 fully saturated rings. The van der Waals surface area contributed by atoms with Gasteiger partial charge in [0.25, 0.3) is 5.91 Å². The number of halogens is 4. The third-order valence-corrected chi connectivity index (χ3v) is 3.36. The zero-order valence-electron chi connectivity index (χ0n) is 11.5. The molecule has 0 spiro atoms. The molecule has 116 valence electrons. The number of amides is 1. The van der Waals surface area contributed by atoms with Crippen LogP contribution in [-0.4, -0.2) is 10.9 Å². The maximum absolute atomic E-state index is 12.8. The molecule has 0 saturated heterocycles. The van der Waals surface area contributed by atoms with Crippen molar-refractivity contribution in [1.82, 2.24) is 10.3 Å². The normalized spacial score (nSPS) is 12.8. The fourth-order valence-corrected chi connectivity index (χ4v) is 2.09. The van der Waals surface area contributed by atoms with E-state index >= 15 is 0 Å². The van der Waals surface area contributed by atoms with Crippen LogP contribution < -0.4 is 5.32 Å². The Labute approximate surface area is 130 Å². The molecule has 0 aliphatic rings. The van der Waals surface area contributed by atoms with Crippen molar-refractivity contribution in [2.45, 2.75) is 19.1 Å². The number of carbonyl (C=O) groups is 1. The molecule has 22 heavy (non-hydrogen) atoms. The second kappa shape index (κ2) is 6.36. The summed E-state index contributed by atoms with van der Waals surface area (Å²) in [7, 11) is 0. The van der Waals surface area contributed by atoms with Crippen LogP contribution in [0, 0.1) is 0 Å². The number of hydrogen-bond acceptors (Lipinski definition) is 2. The van der Waals surface area contributed by atoms with Crippen molar-refractivity contribution in [2.24, 2.45) is 0 Å². The molecule has 2 rings (SSSR count). The number of carbonyl (C=O) groups excluding carboxylic acids is 1. The molecule has 1 heterocycles. The number of hydrogen-bond donors (Lipinski definition) is 1. The van der Waals surface area contributed by atoms with Gasteiger partial charge in [0.05, 0.1) is 17.2 Å². The van der Waals surface area contributed by atoms with Crippen molar-refractivity contribution in [3.63, 3.8) is 0 Å². The summed E-state index contributed by atoms with van der Waals surface area (Å²) in [6.07, 6.45) is -3.64. The Morgan fingerprint density at radius 2 is 1.91 bits per heavy atom. The highest BCUT2D eigenvalue weighted by Gasteiger charge is 2.34. The molecule has 1 N–H and O–H groups in total. The molecule has 0 bridgehead atoms. The third-order valence-electron chi connectivity index (χ3n) is 3.05. The van der Waals surface area contributed by atoms with E-state index in [1.165, 1.54) is 0 Å². The zero-order valence-corrected chi connectivity index (χ0v) is 12.2. The summed E-state index contributed by atoms with van der Waals surface area (Å²) in [5, 5.41) is 1.94. The highest BCUT2D eigenvalue weighted by Crippen LogP contribution is 2.33. The van der Waals surface area contributed by atoms with E-state index < -0.39 is 22.8 Å². The number of benzene rings is 1. The Morgan fingerprint density at radius 1 is 1.27 bits per heavy atom. The second-order valence-electron chi connectivity index (χ2n) is 4.67. The van der Waals surface area contributed by atoms with Gasteiger partial charge in [0.2, 0.25) is 0 Å². The number of nitrogens with zero attached hydrogens (tertiary/aromatic N) is 1. The Balaban J connectivity index is 2.20. The van der Waals surface area contributed by atoms with Gasteiger partial charge in [-0.05, 0) is 18.6 Å². The predicted molar refractivity (Wildman–Crippen MR) is 76.6 cm³/mol. The van der Waals surface area contributed by atoms with Crippen LogP contribution in [0.15, 0.2) is 42.6 Å². The molecule has 0 radical (unpaired) electrons. The molecular formula is C15H12ClF3N2O. The van der Waals surface area contributed by atoms with E-state index in [9.17, 15) is 18.0 Å². The van der Waals surface area contributed by atoms with Crippen LogP contribution in [0.25, 0.3) is 0 Å². The van der Waals surface area contributed by atoms with Crippen LogP contribution in [0.1, 0.15) is 34.5 Å². The van der Waals surface area contributed by atoms with Crippen molar-refractivity contribution in [3.8, 4) is 0 Å². The lowest BCUT2D eigenvalue weighted by Crippen LogP contribution is -2.27. The van der Waals surface area contributed by atoms with Gasteiger partial charge in [-0.3, -0.25) is 4.79 Å². The lowest BCUT2D eigenvalue weighted by Gasteiger charge is -2.15. The maximum Gasteiger partial charge on any atom is 0.419 e. The molecule has 7 heteroatoms. The standard InChI is InChI=1S/C15H12ClF3N2O/c1-9(10-5-3-2-4-6-10)21-14(22)11-7-12(15(17,18)19)13(16)20-8-11/h2-9H,1H3,(H,21,22). The van der Waals surface area contributed by atoms with Gasteiger partial charge < -0.3 is 5.32 Å². The average Bonchev–Trinajstić information content (AvgIpc) is 2.47. The van der Waals surface area contributed by atoms with Gasteiger partial charge in [0.15, 0.2) is 0 Å². The molecule has 1 aromatic carbocycles. The number of alkyl halides is 3. The highest BCUT2D eigenvalue weighted by molar-refractivity contribution is 6.30. The van der Waals surface area contributed by atoms with Crippen LogP contribution in [0.3, 0.4) is 0 Å². The monoisotopic (exact) mass is 328 g/mol. The summed E-state index contributed by atoms with van der Waals surface area (Å²) < 4.78 is 38.3. The highest BCUT2D eigenvalue weighted by atomic mass is 35.5. The van der Waals surface area contributed by atoms with Crippen molar-refractivity contribution < 1.29 is 18.0 Å². The van der Waals surface area contributed by atoms with Gasteiger partial charge in [0, 0.05) is 6.20 Å². The number of nitrogens with one attached hydrogen (secondary N) is 1. The first-order chi connectivity index (χ1) is 10.3. The summed E-state index contributed by atoms with van der Waals surface area (Å²) in [5.41, 5.74) is -0.484. The zero-order chi connectivity index (χ0) is 16.3. The lowest BCUT2D eigenvalue weighted by molar-refractivity contribution is -0.137. The SMILES string of the molecule is CC(NC(=O)c1cnc(Cl)c(C(F)(F)F)c1)c1ccccc1. The lowest BCUT2D eigenvalue weighted by atomic mass is 10.1. The van der Waals surface area contributed by atoms with E-state index in [1.54, 1.807) is 6.92 Å². The molecule has 1 amide bonds. The van der Waals surface area contributed by atoms with E-state index in [2.05, 4.69) is 10.3 Å².